The van der Waals surface area contributed by atoms with Gasteiger partial charge in [-0.3, -0.25) is 4.79 Å². The summed E-state index contributed by atoms with van der Waals surface area (Å²) >= 11 is 6.89. The minimum Gasteiger partial charge on any atom is -0.494 e. The molecule has 0 bridgehead atoms. The highest BCUT2D eigenvalue weighted by atomic mass is 79.9. The second-order valence-corrected chi connectivity index (χ2v) is 6.95. The lowest BCUT2D eigenvalue weighted by Crippen LogP contribution is -2.26. The van der Waals surface area contributed by atoms with Gasteiger partial charge in [0.2, 0.25) is 5.91 Å². The van der Waals surface area contributed by atoms with Gasteiger partial charge in [-0.05, 0) is 94.5 Å². The maximum atomic E-state index is 11.8. The zero-order chi connectivity index (χ0) is 17.8. The van der Waals surface area contributed by atoms with Gasteiger partial charge in [-0.2, -0.15) is 0 Å². The summed E-state index contributed by atoms with van der Waals surface area (Å²) in [7, 11) is 1.61. The molecule has 7 heteroatoms. The molecule has 0 saturated carbocycles. The zero-order valence-electron chi connectivity index (χ0n) is 13.9. The van der Waals surface area contributed by atoms with Crippen LogP contribution in [-0.2, 0) is 4.79 Å². The summed E-state index contributed by atoms with van der Waals surface area (Å²) in [6.45, 7) is 3.27. The van der Waals surface area contributed by atoms with Crippen molar-refractivity contribution in [3.8, 4) is 5.75 Å². The Balaban J connectivity index is 2.29. The van der Waals surface area contributed by atoms with Crippen LogP contribution in [0.15, 0.2) is 27.2 Å². The fraction of sp³-hybridized carbons (Fsp3) is 0.471. The van der Waals surface area contributed by atoms with Crippen LogP contribution < -0.4 is 21.1 Å². The van der Waals surface area contributed by atoms with E-state index in [0.29, 0.717) is 6.54 Å². The third-order valence-corrected chi connectivity index (χ3v) is 4.47. The second kappa shape index (κ2) is 12.5. The summed E-state index contributed by atoms with van der Waals surface area (Å²) in [4.78, 5) is 11.8. The van der Waals surface area contributed by atoms with E-state index in [-0.39, 0.29) is 5.91 Å². The van der Waals surface area contributed by atoms with Crippen molar-refractivity contribution in [2.75, 3.05) is 33.3 Å². The van der Waals surface area contributed by atoms with Gasteiger partial charge < -0.3 is 21.1 Å². The monoisotopic (exact) mass is 461 g/mol. The predicted octanol–water partition coefficient (Wildman–Crippen LogP) is 3.07. The van der Waals surface area contributed by atoms with Crippen molar-refractivity contribution in [3.05, 3.63) is 32.7 Å². The lowest BCUT2D eigenvalue weighted by Gasteiger charge is -2.07. The first-order valence-corrected chi connectivity index (χ1v) is 9.56. The second-order valence-electron chi connectivity index (χ2n) is 5.24. The van der Waals surface area contributed by atoms with Crippen LogP contribution >= 0.6 is 31.9 Å². The van der Waals surface area contributed by atoms with Crippen molar-refractivity contribution in [3.63, 3.8) is 0 Å². The van der Waals surface area contributed by atoms with Gasteiger partial charge in [0.15, 0.2) is 0 Å². The third kappa shape index (κ3) is 8.28. The van der Waals surface area contributed by atoms with Crippen LogP contribution in [-0.4, -0.2) is 39.2 Å². The molecule has 0 unspecified atom stereocenters. The minimum absolute atomic E-state index is 0.0961. The highest BCUT2D eigenvalue weighted by molar-refractivity contribution is 9.11. The molecule has 0 saturated heterocycles. The Labute approximate surface area is 160 Å². The van der Waals surface area contributed by atoms with Gasteiger partial charge in [0.25, 0.3) is 0 Å². The van der Waals surface area contributed by atoms with Crippen LogP contribution in [0.5, 0.6) is 5.75 Å². The van der Waals surface area contributed by atoms with Crippen molar-refractivity contribution in [1.82, 2.24) is 10.6 Å². The fourth-order valence-electron chi connectivity index (χ4n) is 2.05. The molecular formula is C17H25Br2N3O2. The van der Waals surface area contributed by atoms with E-state index in [1.54, 1.807) is 13.2 Å². The van der Waals surface area contributed by atoms with Crippen LogP contribution in [0.25, 0.3) is 6.08 Å². The van der Waals surface area contributed by atoms with Gasteiger partial charge in [0.1, 0.15) is 5.75 Å². The van der Waals surface area contributed by atoms with E-state index in [1.165, 1.54) is 6.08 Å². The molecule has 0 spiro atoms. The van der Waals surface area contributed by atoms with Crippen LogP contribution in [0.2, 0.25) is 0 Å². The molecule has 0 aliphatic rings. The maximum absolute atomic E-state index is 11.8. The summed E-state index contributed by atoms with van der Waals surface area (Å²) in [5.74, 6) is 0.636. The van der Waals surface area contributed by atoms with E-state index in [9.17, 15) is 4.79 Å². The number of unbranched alkanes of at least 4 members (excludes halogenated alkanes) is 1. The van der Waals surface area contributed by atoms with E-state index < -0.39 is 0 Å². The highest BCUT2D eigenvalue weighted by Gasteiger charge is 2.06. The molecule has 0 aliphatic carbocycles. The number of nitrogens with one attached hydrogen (secondary N) is 2. The molecule has 1 aromatic carbocycles. The summed E-state index contributed by atoms with van der Waals surface area (Å²) in [6, 6.07) is 3.80. The SMILES string of the molecule is COc1c(Br)cc(/C=C/C(=O)NCCCNCCCCN)cc1Br. The van der Waals surface area contributed by atoms with Crippen molar-refractivity contribution in [2.24, 2.45) is 5.73 Å². The molecule has 0 atom stereocenters. The van der Waals surface area contributed by atoms with Crippen molar-refractivity contribution in [1.29, 1.82) is 0 Å². The van der Waals surface area contributed by atoms with Crippen LogP contribution in [0, 0.1) is 0 Å². The number of halogens is 2. The molecule has 1 aromatic rings. The fourth-order valence-corrected chi connectivity index (χ4v) is 3.59. The number of ether oxygens (including phenoxy) is 1. The zero-order valence-corrected chi connectivity index (χ0v) is 17.1. The summed E-state index contributed by atoms with van der Waals surface area (Å²) < 4.78 is 6.92. The molecule has 24 heavy (non-hydrogen) atoms. The van der Waals surface area contributed by atoms with E-state index in [4.69, 9.17) is 10.5 Å². The van der Waals surface area contributed by atoms with Crippen molar-refractivity contribution in [2.45, 2.75) is 19.3 Å². The first kappa shape index (κ1) is 21.2. The van der Waals surface area contributed by atoms with E-state index in [0.717, 1.165) is 59.2 Å². The molecule has 0 aliphatic heterocycles. The van der Waals surface area contributed by atoms with Crippen LogP contribution in [0.4, 0.5) is 0 Å². The molecule has 0 aromatic heterocycles. The smallest absolute Gasteiger partial charge is 0.243 e. The average molecular weight is 463 g/mol. The Kier molecular flexibility index (Phi) is 11.0. The van der Waals surface area contributed by atoms with Gasteiger partial charge in [-0.25, -0.2) is 0 Å². The minimum atomic E-state index is -0.0961. The number of hydrogen-bond acceptors (Lipinski definition) is 4. The average Bonchev–Trinajstić information content (AvgIpc) is 2.55. The van der Waals surface area contributed by atoms with Gasteiger partial charge >= 0.3 is 0 Å². The highest BCUT2D eigenvalue weighted by Crippen LogP contribution is 2.34. The largest absolute Gasteiger partial charge is 0.494 e. The summed E-state index contributed by atoms with van der Waals surface area (Å²) in [5, 5.41) is 6.20. The quantitative estimate of drug-likeness (QED) is 0.349. The normalized spacial score (nSPS) is 11.0. The third-order valence-electron chi connectivity index (χ3n) is 3.29. The Morgan fingerprint density at radius 2 is 1.83 bits per heavy atom. The molecule has 0 fully saturated rings. The van der Waals surface area contributed by atoms with E-state index in [2.05, 4.69) is 42.5 Å². The number of hydrogen-bond donors (Lipinski definition) is 3. The molecule has 0 radical (unpaired) electrons. The molecule has 5 nitrogen and oxygen atoms in total. The Bertz CT molecular complexity index is 528. The maximum Gasteiger partial charge on any atom is 0.243 e. The van der Waals surface area contributed by atoms with Gasteiger partial charge in [0.05, 0.1) is 16.1 Å². The number of nitrogens with two attached hydrogens (primary N) is 1. The Morgan fingerprint density at radius 1 is 1.17 bits per heavy atom. The van der Waals surface area contributed by atoms with Crippen LogP contribution in [0.1, 0.15) is 24.8 Å². The summed E-state index contributed by atoms with van der Waals surface area (Å²) in [5.41, 5.74) is 6.34. The number of rotatable bonds is 11. The van der Waals surface area contributed by atoms with Crippen LogP contribution in [0.3, 0.4) is 0 Å². The molecule has 0 heterocycles. The Hall–Kier alpha value is -0.890. The van der Waals surface area contributed by atoms with Gasteiger partial charge in [0, 0.05) is 12.6 Å². The number of amides is 1. The number of carbonyl (C=O) groups excluding carboxylic acids is 1. The summed E-state index contributed by atoms with van der Waals surface area (Å²) in [6.07, 6.45) is 6.36. The molecule has 4 N–H and O–H groups in total. The number of carbonyl (C=O) groups is 1. The lowest BCUT2D eigenvalue weighted by atomic mass is 10.2. The molecule has 1 rings (SSSR count). The molecule has 134 valence electrons. The lowest BCUT2D eigenvalue weighted by molar-refractivity contribution is -0.116. The van der Waals surface area contributed by atoms with E-state index in [1.807, 2.05) is 12.1 Å². The van der Waals surface area contributed by atoms with Crippen molar-refractivity contribution < 1.29 is 9.53 Å². The Morgan fingerprint density at radius 3 is 2.46 bits per heavy atom. The first-order chi connectivity index (χ1) is 11.6. The van der Waals surface area contributed by atoms with Gasteiger partial charge in [-0.15, -0.1) is 0 Å². The van der Waals surface area contributed by atoms with Crippen molar-refractivity contribution >= 4 is 43.8 Å². The van der Waals surface area contributed by atoms with E-state index >= 15 is 0 Å². The topological polar surface area (TPSA) is 76.4 Å². The number of benzene rings is 1. The first-order valence-electron chi connectivity index (χ1n) is 7.98. The standard InChI is InChI=1S/C17H25Br2N3O2/c1-24-17-14(18)11-13(12-15(17)19)5-6-16(23)22-10-4-9-21-8-3-2-7-20/h5-6,11-12,21H,2-4,7-10,20H2,1H3,(H,22,23)/b6-5+. The molecule has 1 amide bonds. The molecular weight excluding hydrogens is 438 g/mol. The predicted molar refractivity (Wildman–Crippen MR) is 106 cm³/mol. The van der Waals surface area contributed by atoms with Gasteiger partial charge in [-0.1, -0.05) is 0 Å². The number of methoxy groups -OCH3 is 1.